The number of hydrogen-bond acceptors (Lipinski definition) is 1. The van der Waals surface area contributed by atoms with Gasteiger partial charge in [-0.15, -0.1) is 0 Å². The van der Waals surface area contributed by atoms with Crippen molar-refractivity contribution < 1.29 is 9.90 Å². The van der Waals surface area contributed by atoms with Crippen LogP contribution in [-0.2, 0) is 4.79 Å². The average Bonchev–Trinajstić information content (AvgIpc) is 2.63. The molecule has 2 aliphatic carbocycles. The normalized spacial score (nSPS) is 30.9. The molecule has 0 bridgehead atoms. The minimum Gasteiger partial charge on any atom is -0.478 e. The van der Waals surface area contributed by atoms with Crippen LogP contribution in [0, 0.1) is 24.7 Å². The molecule has 0 amide bonds. The van der Waals surface area contributed by atoms with Crippen LogP contribution in [0.5, 0.6) is 0 Å². The molecular weight excluding hydrogens is 308 g/mol. The lowest BCUT2D eigenvalue weighted by Crippen LogP contribution is -2.27. The second-order valence-electron chi connectivity index (χ2n) is 8.18. The van der Waals surface area contributed by atoms with Gasteiger partial charge in [-0.2, -0.15) is 0 Å². The molecule has 0 aliphatic heterocycles. The van der Waals surface area contributed by atoms with Crippen LogP contribution in [0.15, 0.2) is 35.9 Å². The summed E-state index contributed by atoms with van der Waals surface area (Å²) in [4.78, 5) is 11.3. The highest BCUT2D eigenvalue weighted by atomic mass is 16.4. The molecule has 2 fully saturated rings. The number of rotatable bonds is 4. The number of aliphatic carboxylic acids is 1. The van der Waals surface area contributed by atoms with Gasteiger partial charge < -0.3 is 5.11 Å². The maximum atomic E-state index is 11.3. The van der Waals surface area contributed by atoms with Gasteiger partial charge in [0, 0.05) is 5.57 Å². The van der Waals surface area contributed by atoms with Gasteiger partial charge >= 0.3 is 5.97 Å². The summed E-state index contributed by atoms with van der Waals surface area (Å²) in [5.74, 6) is 1.99. The van der Waals surface area contributed by atoms with E-state index in [0.717, 1.165) is 30.6 Å². The molecule has 136 valence electrons. The lowest BCUT2D eigenvalue weighted by molar-refractivity contribution is -0.133. The molecule has 0 saturated heterocycles. The van der Waals surface area contributed by atoms with Crippen molar-refractivity contribution >= 4 is 5.97 Å². The lowest BCUT2D eigenvalue weighted by atomic mass is 9.67. The minimum absolute atomic E-state index is 0.280. The van der Waals surface area contributed by atoms with Gasteiger partial charge in [-0.3, -0.25) is 0 Å². The van der Waals surface area contributed by atoms with Gasteiger partial charge in [0.2, 0.25) is 0 Å². The van der Waals surface area contributed by atoms with Gasteiger partial charge in [-0.05, 0) is 94.4 Å². The molecule has 0 aromatic heterocycles. The zero-order valence-corrected chi connectivity index (χ0v) is 15.7. The van der Waals surface area contributed by atoms with E-state index in [2.05, 4.69) is 31.2 Å². The van der Waals surface area contributed by atoms with Gasteiger partial charge in [-0.25, -0.2) is 4.79 Å². The van der Waals surface area contributed by atoms with Gasteiger partial charge in [0.1, 0.15) is 0 Å². The molecule has 0 unspecified atom stereocenters. The number of aryl methyl sites for hydroxylation is 1. The number of carboxylic acid groups (broad SMARTS) is 1. The monoisotopic (exact) mass is 340 g/mol. The minimum atomic E-state index is -0.718. The molecule has 2 aliphatic rings. The van der Waals surface area contributed by atoms with E-state index in [9.17, 15) is 9.90 Å². The summed E-state index contributed by atoms with van der Waals surface area (Å²) in [6.07, 6.45) is 11.7. The maximum Gasteiger partial charge on any atom is 0.331 e. The zero-order chi connectivity index (χ0) is 17.8. The summed E-state index contributed by atoms with van der Waals surface area (Å²) in [6, 6.07) is 9.11. The molecule has 2 saturated carbocycles. The van der Waals surface area contributed by atoms with Crippen molar-refractivity contribution in [1.82, 2.24) is 0 Å². The molecular formula is C23H32O2. The molecule has 25 heavy (non-hydrogen) atoms. The first-order valence-electron chi connectivity index (χ1n) is 10.0. The summed E-state index contributed by atoms with van der Waals surface area (Å²) >= 11 is 0. The van der Waals surface area contributed by atoms with Crippen molar-refractivity contribution in [3.8, 4) is 0 Å². The predicted molar refractivity (Wildman–Crippen MR) is 103 cm³/mol. The Bertz CT molecular complexity index is 597. The molecule has 2 nitrogen and oxygen atoms in total. The first-order chi connectivity index (χ1) is 12.1. The Kier molecular flexibility index (Phi) is 5.98. The Labute approximate surface area is 152 Å². The Morgan fingerprint density at radius 3 is 1.92 bits per heavy atom. The zero-order valence-electron chi connectivity index (χ0n) is 15.7. The summed E-state index contributed by atoms with van der Waals surface area (Å²) < 4.78 is 0. The Morgan fingerprint density at radius 1 is 0.920 bits per heavy atom. The number of hydrogen-bond donors (Lipinski definition) is 1. The molecule has 1 aromatic rings. The van der Waals surface area contributed by atoms with E-state index in [4.69, 9.17) is 0 Å². The number of carbonyl (C=O) groups is 1. The Morgan fingerprint density at radius 2 is 1.44 bits per heavy atom. The lowest BCUT2D eigenvalue weighted by Gasteiger charge is -2.38. The van der Waals surface area contributed by atoms with Crippen molar-refractivity contribution in [2.75, 3.05) is 0 Å². The van der Waals surface area contributed by atoms with E-state index in [-0.39, 0.29) is 5.92 Å². The summed E-state index contributed by atoms with van der Waals surface area (Å²) in [5, 5.41) is 9.33. The molecule has 0 spiro atoms. The van der Waals surface area contributed by atoms with Gasteiger partial charge in [0.05, 0.1) is 0 Å². The third-order valence-corrected chi connectivity index (χ3v) is 6.76. The van der Waals surface area contributed by atoms with Crippen molar-refractivity contribution in [3.63, 3.8) is 0 Å². The van der Waals surface area contributed by atoms with Crippen LogP contribution in [0.25, 0.3) is 0 Å². The van der Waals surface area contributed by atoms with Crippen molar-refractivity contribution in [1.29, 1.82) is 0 Å². The molecule has 1 N–H and O–H groups in total. The summed E-state index contributed by atoms with van der Waals surface area (Å²) in [5.41, 5.74) is 3.50. The third kappa shape index (κ3) is 4.34. The fourth-order valence-electron chi connectivity index (χ4n) is 5.20. The van der Waals surface area contributed by atoms with Crippen LogP contribution in [0.2, 0.25) is 0 Å². The van der Waals surface area contributed by atoms with Crippen molar-refractivity contribution in [2.24, 2.45) is 17.8 Å². The topological polar surface area (TPSA) is 37.3 Å². The van der Waals surface area contributed by atoms with Crippen LogP contribution < -0.4 is 0 Å². The van der Waals surface area contributed by atoms with Crippen LogP contribution in [-0.4, -0.2) is 11.1 Å². The van der Waals surface area contributed by atoms with E-state index < -0.39 is 5.97 Å². The van der Waals surface area contributed by atoms with E-state index in [0.29, 0.717) is 5.57 Å². The second kappa shape index (κ2) is 8.21. The average molecular weight is 341 g/mol. The van der Waals surface area contributed by atoms with Gasteiger partial charge in [0.15, 0.2) is 0 Å². The third-order valence-electron chi connectivity index (χ3n) is 6.76. The standard InChI is InChI=1S/C23H32O2/c1-3-22(23(24)25)21-14-12-20(13-15-21)19-10-8-18(9-11-19)17-6-4-16(2)5-7-17/h3-7,18-21H,8-15H2,1-2H3,(H,24,25). The summed E-state index contributed by atoms with van der Waals surface area (Å²) in [7, 11) is 0. The quantitative estimate of drug-likeness (QED) is 0.672. The van der Waals surface area contributed by atoms with E-state index >= 15 is 0 Å². The molecule has 0 heterocycles. The number of benzene rings is 1. The highest BCUT2D eigenvalue weighted by Gasteiger charge is 2.33. The Hall–Kier alpha value is -1.57. The van der Waals surface area contributed by atoms with E-state index in [1.807, 2.05) is 6.92 Å². The number of allylic oxidation sites excluding steroid dienone is 1. The number of carboxylic acids is 1. The van der Waals surface area contributed by atoms with Gasteiger partial charge in [-0.1, -0.05) is 35.9 Å². The largest absolute Gasteiger partial charge is 0.478 e. The van der Waals surface area contributed by atoms with Crippen LogP contribution in [0.1, 0.15) is 75.3 Å². The van der Waals surface area contributed by atoms with Crippen molar-refractivity contribution in [2.45, 2.75) is 71.1 Å². The van der Waals surface area contributed by atoms with Crippen LogP contribution >= 0.6 is 0 Å². The van der Waals surface area contributed by atoms with Crippen LogP contribution in [0.3, 0.4) is 0 Å². The van der Waals surface area contributed by atoms with Gasteiger partial charge in [0.25, 0.3) is 0 Å². The fraction of sp³-hybridized carbons (Fsp3) is 0.609. The van der Waals surface area contributed by atoms with Crippen molar-refractivity contribution in [3.05, 3.63) is 47.0 Å². The highest BCUT2D eigenvalue weighted by molar-refractivity contribution is 5.87. The smallest absolute Gasteiger partial charge is 0.331 e. The summed E-state index contributed by atoms with van der Waals surface area (Å²) in [6.45, 7) is 4.02. The fourth-order valence-corrected chi connectivity index (χ4v) is 5.20. The van der Waals surface area contributed by atoms with E-state index in [1.165, 1.54) is 49.7 Å². The Balaban J connectivity index is 1.49. The highest BCUT2D eigenvalue weighted by Crippen LogP contribution is 2.44. The maximum absolute atomic E-state index is 11.3. The first-order valence-corrected chi connectivity index (χ1v) is 10.0. The molecule has 0 atom stereocenters. The molecule has 2 heteroatoms. The predicted octanol–water partition coefficient (Wildman–Crippen LogP) is 6.11. The molecule has 0 radical (unpaired) electrons. The second-order valence-corrected chi connectivity index (χ2v) is 8.18. The first kappa shape index (κ1) is 18.2. The molecule has 1 aromatic carbocycles. The molecule has 3 rings (SSSR count). The SMILES string of the molecule is CC=C(C(=O)O)C1CCC(C2CCC(c3ccc(C)cc3)CC2)CC1. The van der Waals surface area contributed by atoms with E-state index in [1.54, 1.807) is 6.08 Å². The van der Waals surface area contributed by atoms with Crippen LogP contribution in [0.4, 0.5) is 0 Å².